The maximum absolute atomic E-state index is 13.9. The molecule has 0 aliphatic heterocycles. The first-order valence-corrected chi connectivity index (χ1v) is 7.63. The van der Waals surface area contributed by atoms with Gasteiger partial charge in [0, 0.05) is 0 Å². The van der Waals surface area contributed by atoms with Gasteiger partial charge in [-0.25, -0.2) is 17.5 Å². The molecule has 0 aliphatic rings. The van der Waals surface area contributed by atoms with Gasteiger partial charge in [-0.2, -0.15) is 5.21 Å². The number of H-pyrrole nitrogens is 1. The van der Waals surface area contributed by atoms with E-state index in [1.54, 1.807) is 0 Å². The van der Waals surface area contributed by atoms with E-state index in [-0.39, 0.29) is 21.9 Å². The van der Waals surface area contributed by atoms with E-state index in [1.165, 1.54) is 0 Å². The van der Waals surface area contributed by atoms with Crippen LogP contribution in [0.5, 0.6) is 0 Å². The van der Waals surface area contributed by atoms with Crippen LogP contribution in [0.2, 0.25) is 5.02 Å². The summed E-state index contributed by atoms with van der Waals surface area (Å²) in [7, 11) is -4.16. The molecule has 0 saturated heterocycles. The molecule has 2 aromatic rings. The smallest absolute Gasteiger partial charge is 0.244 e. The Balaban J connectivity index is 2.35. The highest BCUT2D eigenvalue weighted by atomic mass is 79.9. The third kappa shape index (κ3) is 2.90. The van der Waals surface area contributed by atoms with Crippen LogP contribution in [0, 0.1) is 5.82 Å². The number of hydrogen-bond acceptors (Lipinski definition) is 6. The SMILES string of the molecule is Nc1c(F)c(S(=O)(=O)NCc2nn[nH]n2)cc(Cl)c1Br. The van der Waals surface area contributed by atoms with E-state index >= 15 is 0 Å². The van der Waals surface area contributed by atoms with E-state index in [1.807, 2.05) is 0 Å². The first-order chi connectivity index (χ1) is 9.33. The standard InChI is InChI=1S/C8H7BrClFN6O2S/c9-6-3(10)1-4(7(11)8(6)12)20(18,19)13-2-5-14-16-17-15-5/h1,13H,2,12H2,(H,14,15,16,17). The summed E-state index contributed by atoms with van der Waals surface area (Å²) in [6.07, 6.45) is 0. The third-order valence-corrected chi connectivity index (χ3v) is 5.04. The van der Waals surface area contributed by atoms with Crippen molar-refractivity contribution in [3.8, 4) is 0 Å². The minimum atomic E-state index is -4.16. The predicted octanol–water partition coefficient (Wildman–Crippen LogP) is 0.815. The monoisotopic (exact) mass is 384 g/mol. The van der Waals surface area contributed by atoms with E-state index in [0.29, 0.717) is 0 Å². The Hall–Kier alpha value is -1.30. The molecule has 0 amide bonds. The van der Waals surface area contributed by atoms with Gasteiger partial charge in [0.05, 0.1) is 21.7 Å². The lowest BCUT2D eigenvalue weighted by atomic mass is 10.3. The lowest BCUT2D eigenvalue weighted by molar-refractivity contribution is 0.557. The third-order valence-electron chi connectivity index (χ3n) is 2.26. The molecule has 4 N–H and O–H groups in total. The molecule has 1 aromatic carbocycles. The number of hydrogen-bond donors (Lipinski definition) is 3. The van der Waals surface area contributed by atoms with Crippen LogP contribution in [-0.2, 0) is 16.6 Å². The van der Waals surface area contributed by atoms with Crippen molar-refractivity contribution < 1.29 is 12.8 Å². The summed E-state index contributed by atoms with van der Waals surface area (Å²) in [5.41, 5.74) is 5.04. The molecular weight excluding hydrogens is 379 g/mol. The second-order valence-corrected chi connectivity index (χ2v) is 6.49. The summed E-state index contributed by atoms with van der Waals surface area (Å²) in [6.45, 7) is -0.258. The number of nitrogens with two attached hydrogens (primary N) is 1. The largest absolute Gasteiger partial charge is 0.395 e. The summed E-state index contributed by atoms with van der Waals surface area (Å²) < 4.78 is 40.1. The number of sulfonamides is 1. The summed E-state index contributed by atoms with van der Waals surface area (Å²) >= 11 is 8.73. The van der Waals surface area contributed by atoms with Crippen molar-refractivity contribution in [3.63, 3.8) is 0 Å². The number of nitrogens with zero attached hydrogens (tertiary/aromatic N) is 3. The van der Waals surface area contributed by atoms with Crippen molar-refractivity contribution in [1.29, 1.82) is 0 Å². The normalized spacial score (nSPS) is 11.8. The summed E-state index contributed by atoms with van der Waals surface area (Å²) in [4.78, 5) is -0.660. The molecule has 1 aromatic heterocycles. The molecule has 0 radical (unpaired) electrons. The first kappa shape index (κ1) is 15.1. The fourth-order valence-corrected chi connectivity index (χ4v) is 2.95. The second kappa shape index (κ2) is 5.60. The van der Waals surface area contributed by atoms with Crippen LogP contribution < -0.4 is 10.5 Å². The number of tetrazole rings is 1. The molecule has 0 unspecified atom stereocenters. The van der Waals surface area contributed by atoms with E-state index < -0.39 is 26.4 Å². The van der Waals surface area contributed by atoms with Crippen molar-refractivity contribution >= 4 is 43.2 Å². The maximum Gasteiger partial charge on any atom is 0.244 e. The molecule has 8 nitrogen and oxygen atoms in total. The van der Waals surface area contributed by atoms with Crippen molar-refractivity contribution in [2.24, 2.45) is 0 Å². The van der Waals surface area contributed by atoms with Crippen molar-refractivity contribution in [2.45, 2.75) is 11.4 Å². The van der Waals surface area contributed by atoms with Gasteiger partial charge >= 0.3 is 0 Å². The lowest BCUT2D eigenvalue weighted by Crippen LogP contribution is -2.25. The Morgan fingerprint density at radius 3 is 2.85 bits per heavy atom. The van der Waals surface area contributed by atoms with Crippen LogP contribution in [0.15, 0.2) is 15.4 Å². The van der Waals surface area contributed by atoms with E-state index in [4.69, 9.17) is 17.3 Å². The van der Waals surface area contributed by atoms with Crippen molar-refractivity contribution in [1.82, 2.24) is 25.3 Å². The molecule has 0 fully saturated rings. The summed E-state index contributed by atoms with van der Waals surface area (Å²) in [5.74, 6) is -0.993. The van der Waals surface area contributed by atoms with E-state index in [2.05, 4.69) is 41.3 Å². The molecule has 20 heavy (non-hydrogen) atoms. The zero-order chi connectivity index (χ0) is 14.9. The van der Waals surface area contributed by atoms with E-state index in [9.17, 15) is 12.8 Å². The maximum atomic E-state index is 13.9. The zero-order valence-corrected chi connectivity index (χ0v) is 12.7. The number of benzene rings is 1. The molecule has 0 bridgehead atoms. The van der Waals surface area contributed by atoms with Crippen LogP contribution in [0.1, 0.15) is 5.82 Å². The molecule has 0 spiro atoms. The van der Waals surface area contributed by atoms with Crippen LogP contribution >= 0.6 is 27.5 Å². The molecule has 0 saturated carbocycles. The minimum Gasteiger partial charge on any atom is -0.395 e. The average molecular weight is 386 g/mol. The highest BCUT2D eigenvalue weighted by Crippen LogP contribution is 2.34. The van der Waals surface area contributed by atoms with Gasteiger partial charge in [-0.05, 0) is 22.0 Å². The van der Waals surface area contributed by atoms with Crippen LogP contribution in [0.4, 0.5) is 10.1 Å². The molecule has 108 valence electrons. The van der Waals surface area contributed by atoms with Crippen LogP contribution in [-0.4, -0.2) is 29.0 Å². The Morgan fingerprint density at radius 2 is 2.25 bits per heavy atom. The minimum absolute atomic E-state index is 0.0242. The van der Waals surface area contributed by atoms with Crippen molar-refractivity contribution in [3.05, 3.63) is 27.2 Å². The Bertz CT molecular complexity index is 738. The number of nitrogens with one attached hydrogen (secondary N) is 2. The van der Waals surface area contributed by atoms with Gasteiger partial charge in [-0.15, -0.1) is 10.2 Å². The molecular formula is C8H7BrClFN6O2S. The molecule has 12 heteroatoms. The number of aromatic amines is 1. The lowest BCUT2D eigenvalue weighted by Gasteiger charge is -2.10. The zero-order valence-electron chi connectivity index (χ0n) is 9.56. The number of halogens is 3. The Kier molecular flexibility index (Phi) is 4.22. The predicted molar refractivity (Wildman–Crippen MR) is 71.7 cm³/mol. The molecule has 2 rings (SSSR count). The average Bonchev–Trinajstić information content (AvgIpc) is 2.91. The number of rotatable bonds is 4. The Labute approximate surface area is 126 Å². The number of anilines is 1. The molecule has 0 aliphatic carbocycles. The van der Waals surface area contributed by atoms with Crippen LogP contribution in [0.25, 0.3) is 0 Å². The molecule has 1 heterocycles. The van der Waals surface area contributed by atoms with Crippen molar-refractivity contribution in [2.75, 3.05) is 5.73 Å². The van der Waals surface area contributed by atoms with Gasteiger partial charge in [0.2, 0.25) is 10.0 Å². The Morgan fingerprint density at radius 1 is 1.55 bits per heavy atom. The van der Waals surface area contributed by atoms with Gasteiger partial charge in [0.25, 0.3) is 0 Å². The highest BCUT2D eigenvalue weighted by Gasteiger charge is 2.24. The topological polar surface area (TPSA) is 127 Å². The van der Waals surface area contributed by atoms with Gasteiger partial charge in [0.15, 0.2) is 11.6 Å². The van der Waals surface area contributed by atoms with Gasteiger partial charge in [0.1, 0.15) is 4.90 Å². The van der Waals surface area contributed by atoms with Gasteiger partial charge in [-0.1, -0.05) is 16.8 Å². The highest BCUT2D eigenvalue weighted by molar-refractivity contribution is 9.10. The first-order valence-electron chi connectivity index (χ1n) is 4.98. The summed E-state index contributed by atoms with van der Waals surface area (Å²) in [5, 5.41) is 12.5. The van der Waals surface area contributed by atoms with E-state index in [0.717, 1.165) is 6.07 Å². The van der Waals surface area contributed by atoms with Gasteiger partial charge < -0.3 is 5.73 Å². The van der Waals surface area contributed by atoms with Crippen LogP contribution in [0.3, 0.4) is 0 Å². The molecule has 0 atom stereocenters. The second-order valence-electron chi connectivity index (χ2n) is 3.55. The number of nitrogen functional groups attached to an aromatic ring is 1. The van der Waals surface area contributed by atoms with Gasteiger partial charge in [-0.3, -0.25) is 0 Å². The quantitative estimate of drug-likeness (QED) is 0.528. The summed E-state index contributed by atoms with van der Waals surface area (Å²) in [6, 6.07) is 0.954. The fraction of sp³-hybridized carbons (Fsp3) is 0.125. The number of aromatic nitrogens is 4. The fourth-order valence-electron chi connectivity index (χ4n) is 1.29.